The lowest BCUT2D eigenvalue weighted by Gasteiger charge is -2.38. The number of hydrogen-bond donors (Lipinski definition) is 11. The van der Waals surface area contributed by atoms with E-state index >= 15 is 0 Å². The molecule has 7 aromatic rings. The highest BCUT2D eigenvalue weighted by atomic mass is 32.1. The second-order valence-electron chi connectivity index (χ2n) is 21.3. The molecule has 0 radical (unpaired) electrons. The number of nitrogens with zero attached hydrogens (tertiary/aromatic N) is 15. The fourth-order valence-electron chi connectivity index (χ4n) is 10.8. The number of rotatable bonds is 25. The van der Waals surface area contributed by atoms with Gasteiger partial charge in [-0.3, -0.25) is 45.4 Å². The van der Waals surface area contributed by atoms with E-state index in [4.69, 9.17) is 69.0 Å². The standard InChI is InChI=1S/C45H61N19O23P4S/c46-33-1-4-60(44(66)56-33)23-7-26(30(77-11-23)15-82-90(73,74)87-28-9-25(13-79-29(28)14-80-88(68,69)70)62-20-54-35-39(48)50-18-52-41(35)62)85-89(71,72)81-16-31-27(8-24(12-78-31)61-5-2-34(47)57-45(61)67)86-91(75,76)83-17-32-38(65)37(64-10-22(3-6-92)58-59-64)43(84-32)63-21-55-36-40(49)51-19-53-42(36)63/h1-2,4-5,10,18-21,23-32,37-38,43,65,92H,3,6-9,11-17H2,(H,71,72)(H,73,74)(H,75,76)(H2,46,56,66)(H2,47,57,67)(H2,48,50,52)(H2,49,51,53)(H2,68,69,70)/t23-,24-,25-,26-,27-,28-,29+,30+,31+,32+,37+,38+,43+/m0/s1. The number of phosphoric acid groups is 4. The highest BCUT2D eigenvalue weighted by Crippen LogP contribution is 2.53. The molecular formula is C45H61N19O23P4S. The van der Waals surface area contributed by atoms with Crippen molar-refractivity contribution in [1.29, 1.82) is 0 Å². The molecule has 42 nitrogen and oxygen atoms in total. The summed E-state index contributed by atoms with van der Waals surface area (Å²) in [5.74, 6) is 0.262. The van der Waals surface area contributed by atoms with Crippen LogP contribution < -0.4 is 34.3 Å². The first kappa shape index (κ1) is 67.2. The Morgan fingerprint density at radius 2 is 1.02 bits per heavy atom. The highest BCUT2D eigenvalue weighted by Gasteiger charge is 2.50. The average Bonchev–Trinajstić information content (AvgIpc) is 1.59. The van der Waals surface area contributed by atoms with E-state index in [-0.39, 0.29) is 84.7 Å². The zero-order chi connectivity index (χ0) is 65.4. The van der Waals surface area contributed by atoms with Crippen molar-refractivity contribution in [3.63, 3.8) is 0 Å². The normalized spacial score (nSPS) is 28.4. The van der Waals surface area contributed by atoms with E-state index in [0.717, 1.165) is 9.13 Å². The van der Waals surface area contributed by atoms with Gasteiger partial charge >= 0.3 is 42.7 Å². The molecule has 0 aliphatic carbocycles. The molecule has 47 heteroatoms. The van der Waals surface area contributed by atoms with Crippen molar-refractivity contribution in [2.24, 2.45) is 0 Å². The lowest BCUT2D eigenvalue weighted by molar-refractivity contribution is -0.127. The molecule has 7 aromatic heterocycles. The Balaban J connectivity index is 0.794. The molecule has 4 fully saturated rings. The quantitative estimate of drug-likeness (QED) is 0.0233. The number of aromatic nitrogens is 15. The van der Waals surface area contributed by atoms with Crippen LogP contribution in [-0.2, 0) is 75.3 Å². The number of anilines is 4. The van der Waals surface area contributed by atoms with Gasteiger partial charge in [-0.25, -0.2) is 62.4 Å². The molecule has 0 saturated carbocycles. The lowest BCUT2D eigenvalue weighted by atomic mass is 10.0. The van der Waals surface area contributed by atoms with E-state index in [0.29, 0.717) is 17.9 Å². The van der Waals surface area contributed by atoms with Crippen molar-refractivity contribution < 1.29 is 98.4 Å². The van der Waals surface area contributed by atoms with Crippen molar-refractivity contribution in [3.05, 3.63) is 82.7 Å². The summed E-state index contributed by atoms with van der Waals surface area (Å²) < 4.78 is 123. The maximum atomic E-state index is 14.2. The average molecular weight is 1390 g/mol. The monoisotopic (exact) mass is 1390 g/mol. The zero-order valence-corrected chi connectivity index (χ0v) is 52.0. The Kier molecular flexibility index (Phi) is 20.2. The Hall–Kier alpha value is -6.21. The molecule has 4 aliphatic heterocycles. The van der Waals surface area contributed by atoms with E-state index in [1.165, 1.54) is 63.7 Å². The summed E-state index contributed by atoms with van der Waals surface area (Å²) in [5, 5.41) is 20.2. The van der Waals surface area contributed by atoms with Crippen LogP contribution in [0.25, 0.3) is 22.3 Å². The van der Waals surface area contributed by atoms with Crippen LogP contribution >= 0.6 is 43.9 Å². The Labute approximate surface area is 521 Å². The summed E-state index contributed by atoms with van der Waals surface area (Å²) in [4.78, 5) is 112. The number of aryl methyl sites for hydroxylation is 1. The molecule has 92 heavy (non-hydrogen) atoms. The highest BCUT2D eigenvalue weighted by molar-refractivity contribution is 7.80. The molecule has 0 aromatic carbocycles. The van der Waals surface area contributed by atoms with Crippen LogP contribution in [0.4, 0.5) is 23.3 Å². The van der Waals surface area contributed by atoms with E-state index < -0.39 is 148 Å². The van der Waals surface area contributed by atoms with Crippen molar-refractivity contribution >= 4 is 89.5 Å². The van der Waals surface area contributed by atoms with Gasteiger partial charge in [0.2, 0.25) is 0 Å². The van der Waals surface area contributed by atoms with Gasteiger partial charge in [0.25, 0.3) is 0 Å². The van der Waals surface area contributed by atoms with Crippen molar-refractivity contribution in [2.45, 2.75) is 105 Å². The third-order valence-corrected chi connectivity index (χ3v) is 18.9. The van der Waals surface area contributed by atoms with Gasteiger partial charge in [-0.2, -0.15) is 22.6 Å². The van der Waals surface area contributed by atoms with Crippen LogP contribution in [0.3, 0.4) is 0 Å². The third kappa shape index (κ3) is 15.6. The zero-order valence-electron chi connectivity index (χ0n) is 47.6. The van der Waals surface area contributed by atoms with Gasteiger partial charge in [0.15, 0.2) is 29.2 Å². The Morgan fingerprint density at radius 3 is 1.48 bits per heavy atom. The predicted molar refractivity (Wildman–Crippen MR) is 312 cm³/mol. The predicted octanol–water partition coefficient (Wildman–Crippen LogP) is -1.32. The smallest absolute Gasteiger partial charge is 0.388 e. The number of aliphatic hydroxyl groups is 1. The van der Waals surface area contributed by atoms with Gasteiger partial charge < -0.3 is 76.0 Å². The maximum Gasteiger partial charge on any atom is 0.472 e. The molecule has 4 saturated heterocycles. The minimum atomic E-state index is -5.45. The van der Waals surface area contributed by atoms with Crippen molar-refractivity contribution in [3.8, 4) is 0 Å². The van der Waals surface area contributed by atoms with Crippen LogP contribution in [0.1, 0.15) is 55.4 Å². The summed E-state index contributed by atoms with van der Waals surface area (Å²) >= 11 is 4.27. The van der Waals surface area contributed by atoms with Gasteiger partial charge in [0.1, 0.15) is 71.9 Å². The molecule has 500 valence electrons. The fraction of sp³-hybridized carbons (Fsp3) is 0.556. The summed E-state index contributed by atoms with van der Waals surface area (Å²) in [6, 6.07) is -1.22. The van der Waals surface area contributed by atoms with Crippen molar-refractivity contribution in [1.82, 2.24) is 73.1 Å². The number of aliphatic hydroxyl groups excluding tert-OH is 1. The molecule has 0 spiro atoms. The summed E-state index contributed by atoms with van der Waals surface area (Å²) in [7, 11) is -21.2. The number of hydrogen-bond acceptors (Lipinski definition) is 33. The van der Waals surface area contributed by atoms with Crippen LogP contribution in [0.15, 0.2) is 65.6 Å². The van der Waals surface area contributed by atoms with Crippen LogP contribution in [-0.4, -0.2) is 204 Å². The number of nitrogens with two attached hydrogens (primary N) is 4. The van der Waals surface area contributed by atoms with Crippen LogP contribution in [0.5, 0.6) is 0 Å². The number of imidazole rings is 2. The molecule has 4 aliphatic rings. The molecule has 11 rings (SSSR count). The molecule has 0 amide bonds. The number of ether oxygens (including phenoxy) is 4. The number of nitrogen functional groups attached to an aromatic ring is 4. The molecule has 16 atom stereocenters. The number of phosphoric ester groups is 4. The lowest BCUT2D eigenvalue weighted by Crippen LogP contribution is -2.46. The third-order valence-electron chi connectivity index (χ3n) is 15.2. The number of thiol groups is 1. The molecule has 11 heterocycles. The Morgan fingerprint density at radius 1 is 0.587 bits per heavy atom. The van der Waals surface area contributed by atoms with Crippen molar-refractivity contribution in [2.75, 3.05) is 74.9 Å². The van der Waals surface area contributed by atoms with Gasteiger partial charge in [-0.1, -0.05) is 5.21 Å². The van der Waals surface area contributed by atoms with Gasteiger partial charge in [-0.05, 0) is 37.1 Å². The summed E-state index contributed by atoms with van der Waals surface area (Å²) in [6.45, 7) is -4.42. The second-order valence-corrected chi connectivity index (χ2v) is 27.2. The second kappa shape index (κ2) is 27.6. The van der Waals surface area contributed by atoms with Crippen LogP contribution in [0, 0.1) is 0 Å². The molecule has 0 bridgehead atoms. The SMILES string of the molecule is Nc1ccn([C@@H]2CO[C@H](COP(=O)(O)O[C@H]3C[C@H](n4ccc(N)nc4=O)CO[C@@H]3COP(=O)(O)O[C@H]3C[C@H](n4cnc5c(N)ncnc54)CO[C@@H]3COP(=O)(O)O)[C@@H](OP(=O)(O)OC[C@H]3O[C@@H](n4cnc5c(N)ncnc54)[C@H](n4cc(CCS)nn4)[C@@H]3O)C2)c(=O)n1. The first-order valence-corrected chi connectivity index (χ1v) is 34.3. The summed E-state index contributed by atoms with van der Waals surface area (Å²) in [5.41, 5.74) is 23.2. The van der Waals surface area contributed by atoms with Gasteiger partial charge in [0.05, 0.1) is 101 Å². The van der Waals surface area contributed by atoms with Gasteiger partial charge in [-0.15, -0.1) is 5.10 Å². The van der Waals surface area contributed by atoms with Gasteiger partial charge in [0, 0.05) is 25.0 Å². The van der Waals surface area contributed by atoms with E-state index in [1.807, 2.05) is 0 Å². The molecular weight excluding hydrogens is 1330 g/mol. The minimum absolute atomic E-state index is 0.0453. The topological polar surface area (TPSA) is 583 Å². The van der Waals surface area contributed by atoms with Crippen LogP contribution in [0.2, 0.25) is 0 Å². The van der Waals surface area contributed by atoms with E-state index in [1.54, 1.807) is 6.20 Å². The van der Waals surface area contributed by atoms with E-state index in [2.05, 4.69) is 67.3 Å². The molecule has 14 N–H and O–H groups in total. The largest absolute Gasteiger partial charge is 0.472 e. The minimum Gasteiger partial charge on any atom is -0.388 e. The first-order chi connectivity index (χ1) is 43.7. The summed E-state index contributed by atoms with van der Waals surface area (Å²) in [6.07, 6.45) is -4.70. The fourth-order valence-corrected chi connectivity index (χ4v) is 14.3. The molecule has 3 unspecified atom stereocenters. The Bertz CT molecular complexity index is 4110. The maximum absolute atomic E-state index is 14.2. The van der Waals surface area contributed by atoms with E-state index in [9.17, 15) is 57.4 Å². The first-order valence-electron chi connectivity index (χ1n) is 27.6. The number of fused-ring (bicyclic) bond motifs is 2.